The van der Waals surface area contributed by atoms with Crippen LogP contribution in [0.1, 0.15) is 18.1 Å². The van der Waals surface area contributed by atoms with E-state index in [1.165, 1.54) is 0 Å². The summed E-state index contributed by atoms with van der Waals surface area (Å²) in [6, 6.07) is 11.7. The number of aromatic nitrogens is 4. The van der Waals surface area contributed by atoms with Gasteiger partial charge in [-0.05, 0) is 30.7 Å². The molecule has 0 aliphatic heterocycles. The van der Waals surface area contributed by atoms with E-state index in [0.29, 0.717) is 0 Å². The number of rotatable bonds is 6. The van der Waals surface area contributed by atoms with Gasteiger partial charge in [-0.25, -0.2) is 9.97 Å². The van der Waals surface area contributed by atoms with Crippen LogP contribution in [0.3, 0.4) is 0 Å². The standard InChI is InChI=1S/C19H20N4O2/c1-24-12-6-8-14-16(10-12)22-18(20-14)4-3-5-19-21-15-9-7-13(25-2)11-17(15)23-19/h6-11H,3-5H2,1-2H3,(H,20,22)(H,21,23). The van der Waals surface area contributed by atoms with Crippen molar-refractivity contribution in [1.82, 2.24) is 19.9 Å². The number of H-pyrrole nitrogens is 2. The van der Waals surface area contributed by atoms with Crippen LogP contribution in [0.2, 0.25) is 0 Å². The lowest BCUT2D eigenvalue weighted by Gasteiger charge is -1.97. The summed E-state index contributed by atoms with van der Waals surface area (Å²) >= 11 is 0. The molecule has 0 radical (unpaired) electrons. The van der Waals surface area contributed by atoms with Crippen LogP contribution in [-0.2, 0) is 12.8 Å². The number of nitrogens with zero attached hydrogens (tertiary/aromatic N) is 2. The van der Waals surface area contributed by atoms with Crippen molar-refractivity contribution < 1.29 is 9.47 Å². The molecule has 6 heteroatoms. The highest BCUT2D eigenvalue weighted by Crippen LogP contribution is 2.21. The van der Waals surface area contributed by atoms with Crippen molar-refractivity contribution in [3.63, 3.8) is 0 Å². The lowest BCUT2D eigenvalue weighted by Crippen LogP contribution is -1.93. The van der Waals surface area contributed by atoms with Gasteiger partial charge in [0.1, 0.15) is 23.1 Å². The molecule has 2 aromatic carbocycles. The fraction of sp³-hybridized carbons (Fsp3) is 0.263. The van der Waals surface area contributed by atoms with Crippen molar-refractivity contribution in [1.29, 1.82) is 0 Å². The second-order valence-corrected chi connectivity index (χ2v) is 5.99. The molecular formula is C19H20N4O2. The van der Waals surface area contributed by atoms with Crippen molar-refractivity contribution >= 4 is 22.1 Å². The molecule has 0 fully saturated rings. The molecule has 0 spiro atoms. The molecule has 25 heavy (non-hydrogen) atoms. The number of fused-ring (bicyclic) bond motifs is 2. The second kappa shape index (κ2) is 6.47. The maximum Gasteiger partial charge on any atom is 0.121 e. The molecule has 2 aromatic heterocycles. The Kier molecular flexibility index (Phi) is 4.01. The number of ether oxygens (including phenoxy) is 2. The predicted octanol–water partition coefficient (Wildman–Crippen LogP) is 3.63. The summed E-state index contributed by atoms with van der Waals surface area (Å²) in [5, 5.41) is 0. The maximum absolute atomic E-state index is 5.25. The summed E-state index contributed by atoms with van der Waals surface area (Å²) in [7, 11) is 3.34. The van der Waals surface area contributed by atoms with Crippen LogP contribution in [0.25, 0.3) is 22.1 Å². The Morgan fingerprint density at radius 3 is 1.68 bits per heavy atom. The minimum Gasteiger partial charge on any atom is -0.497 e. The number of imidazole rings is 2. The number of hydrogen-bond acceptors (Lipinski definition) is 4. The van der Waals surface area contributed by atoms with Crippen LogP contribution >= 0.6 is 0 Å². The number of methoxy groups -OCH3 is 2. The van der Waals surface area contributed by atoms with Crippen molar-refractivity contribution in [2.45, 2.75) is 19.3 Å². The van der Waals surface area contributed by atoms with Gasteiger partial charge >= 0.3 is 0 Å². The van der Waals surface area contributed by atoms with E-state index in [1.54, 1.807) is 14.2 Å². The van der Waals surface area contributed by atoms with Crippen molar-refractivity contribution in [2.24, 2.45) is 0 Å². The summed E-state index contributed by atoms with van der Waals surface area (Å²) in [5.74, 6) is 3.64. The molecule has 0 saturated carbocycles. The third kappa shape index (κ3) is 3.15. The van der Waals surface area contributed by atoms with Crippen LogP contribution in [-0.4, -0.2) is 34.2 Å². The molecule has 4 rings (SSSR count). The highest BCUT2D eigenvalue weighted by Gasteiger charge is 2.07. The molecule has 6 nitrogen and oxygen atoms in total. The number of benzene rings is 2. The van der Waals surface area contributed by atoms with Crippen LogP contribution in [0.4, 0.5) is 0 Å². The van der Waals surface area contributed by atoms with E-state index in [9.17, 15) is 0 Å². The van der Waals surface area contributed by atoms with Gasteiger partial charge in [-0.2, -0.15) is 0 Å². The monoisotopic (exact) mass is 336 g/mol. The van der Waals surface area contributed by atoms with Gasteiger partial charge in [0.2, 0.25) is 0 Å². The number of hydrogen-bond donors (Lipinski definition) is 2. The highest BCUT2D eigenvalue weighted by atomic mass is 16.5. The SMILES string of the molecule is COc1ccc2nc(CCCc3nc4ccc(OC)cc4[nH]3)[nH]c2c1. The van der Waals surface area contributed by atoms with E-state index in [4.69, 9.17) is 9.47 Å². The smallest absolute Gasteiger partial charge is 0.121 e. The fourth-order valence-electron chi connectivity index (χ4n) is 3.00. The van der Waals surface area contributed by atoms with E-state index in [-0.39, 0.29) is 0 Å². The Labute approximate surface area is 145 Å². The average molecular weight is 336 g/mol. The van der Waals surface area contributed by atoms with Gasteiger partial charge in [-0.15, -0.1) is 0 Å². The molecule has 0 saturated heterocycles. The zero-order valence-corrected chi connectivity index (χ0v) is 14.3. The normalized spacial score (nSPS) is 11.3. The largest absolute Gasteiger partial charge is 0.497 e. The minimum absolute atomic E-state index is 0.834. The lowest BCUT2D eigenvalue weighted by atomic mass is 10.2. The third-order valence-electron chi connectivity index (χ3n) is 4.30. The van der Waals surface area contributed by atoms with Gasteiger partial charge in [0.15, 0.2) is 0 Å². The highest BCUT2D eigenvalue weighted by molar-refractivity contribution is 5.77. The van der Waals surface area contributed by atoms with Crippen LogP contribution in [0.5, 0.6) is 11.5 Å². The van der Waals surface area contributed by atoms with E-state index >= 15 is 0 Å². The topological polar surface area (TPSA) is 75.8 Å². The zero-order chi connectivity index (χ0) is 17.2. The summed E-state index contributed by atoms with van der Waals surface area (Å²) in [6.07, 6.45) is 2.71. The zero-order valence-electron chi connectivity index (χ0n) is 14.3. The molecule has 0 bridgehead atoms. The molecule has 2 N–H and O–H groups in total. The maximum atomic E-state index is 5.25. The van der Waals surface area contributed by atoms with Gasteiger partial charge in [-0.3, -0.25) is 0 Å². The number of nitrogens with one attached hydrogen (secondary N) is 2. The first kappa shape index (κ1) is 15.5. The number of aryl methyl sites for hydroxylation is 2. The first-order valence-electron chi connectivity index (χ1n) is 8.30. The lowest BCUT2D eigenvalue weighted by molar-refractivity contribution is 0.415. The molecule has 0 unspecified atom stereocenters. The minimum atomic E-state index is 0.834. The molecule has 128 valence electrons. The molecular weight excluding hydrogens is 316 g/mol. The second-order valence-electron chi connectivity index (χ2n) is 5.99. The van der Waals surface area contributed by atoms with E-state index in [1.807, 2.05) is 36.4 Å². The average Bonchev–Trinajstić information content (AvgIpc) is 3.23. The van der Waals surface area contributed by atoms with Crippen molar-refractivity contribution in [3.8, 4) is 11.5 Å². The molecule has 0 aliphatic rings. The van der Waals surface area contributed by atoms with Gasteiger partial charge in [0.25, 0.3) is 0 Å². The van der Waals surface area contributed by atoms with E-state index < -0.39 is 0 Å². The van der Waals surface area contributed by atoms with E-state index in [0.717, 1.165) is 64.5 Å². The van der Waals surface area contributed by atoms with Gasteiger partial charge in [0.05, 0.1) is 36.3 Å². The van der Waals surface area contributed by atoms with Gasteiger partial charge in [-0.1, -0.05) is 0 Å². The third-order valence-corrected chi connectivity index (χ3v) is 4.30. The molecule has 0 amide bonds. The molecule has 0 atom stereocenters. The first-order valence-corrected chi connectivity index (χ1v) is 8.30. The predicted molar refractivity (Wildman–Crippen MR) is 97.3 cm³/mol. The van der Waals surface area contributed by atoms with Gasteiger partial charge in [0, 0.05) is 25.0 Å². The van der Waals surface area contributed by atoms with Gasteiger partial charge < -0.3 is 19.4 Å². The Morgan fingerprint density at radius 2 is 1.24 bits per heavy atom. The summed E-state index contributed by atoms with van der Waals surface area (Å²) in [6.45, 7) is 0. The number of aromatic amines is 2. The summed E-state index contributed by atoms with van der Waals surface area (Å²) < 4.78 is 10.5. The van der Waals surface area contributed by atoms with Crippen LogP contribution in [0.15, 0.2) is 36.4 Å². The first-order chi connectivity index (χ1) is 12.2. The molecule has 0 aliphatic carbocycles. The molecule has 4 aromatic rings. The Hall–Kier alpha value is -3.02. The molecule has 2 heterocycles. The van der Waals surface area contributed by atoms with Crippen molar-refractivity contribution in [3.05, 3.63) is 48.0 Å². The van der Waals surface area contributed by atoms with Crippen molar-refractivity contribution in [2.75, 3.05) is 14.2 Å². The van der Waals surface area contributed by atoms with Crippen LogP contribution < -0.4 is 9.47 Å². The van der Waals surface area contributed by atoms with Crippen LogP contribution in [0, 0.1) is 0 Å². The van der Waals surface area contributed by atoms with E-state index in [2.05, 4.69) is 19.9 Å². The Balaban J connectivity index is 1.43. The quantitative estimate of drug-likeness (QED) is 0.564. The fourth-order valence-corrected chi connectivity index (χ4v) is 3.00. The summed E-state index contributed by atoms with van der Waals surface area (Å²) in [5.41, 5.74) is 3.94. The Bertz CT molecular complexity index is 937. The summed E-state index contributed by atoms with van der Waals surface area (Å²) in [4.78, 5) is 16.0. The Morgan fingerprint density at radius 1 is 0.760 bits per heavy atom.